The van der Waals surface area contributed by atoms with Crippen molar-refractivity contribution in [1.82, 2.24) is 0 Å². The van der Waals surface area contributed by atoms with E-state index in [4.69, 9.17) is 0 Å². The Morgan fingerprint density at radius 2 is 1.09 bits per heavy atom. The van der Waals surface area contributed by atoms with Gasteiger partial charge in [0.2, 0.25) is 0 Å². The molecule has 0 atom stereocenters. The molecule has 5 aromatic carbocycles. The Hall–Kier alpha value is -3.02. The van der Waals surface area contributed by atoms with E-state index >= 15 is 0 Å². The average Bonchev–Trinajstić information content (AvgIpc) is 3.72. The van der Waals surface area contributed by atoms with Gasteiger partial charge in [-0.2, -0.15) is 6.08 Å². The van der Waals surface area contributed by atoms with Crippen LogP contribution in [-0.2, 0) is 35.1 Å². The van der Waals surface area contributed by atoms with Crippen molar-refractivity contribution in [2.45, 2.75) is 90.9 Å². The Morgan fingerprint density at radius 1 is 0.622 bits per heavy atom. The molecule has 5 aromatic rings. The molecule has 0 saturated heterocycles. The monoisotopic (exact) mass is 666 g/mol. The van der Waals surface area contributed by atoms with Gasteiger partial charge in [-0.25, -0.2) is 12.2 Å². The number of hydrogen-bond acceptors (Lipinski definition) is 0. The first-order valence-electron chi connectivity index (χ1n) is 16.6. The summed E-state index contributed by atoms with van der Waals surface area (Å²) in [4.78, 5) is 0. The minimum atomic E-state index is 0.0554. The zero-order chi connectivity index (χ0) is 32.0. The van der Waals surface area contributed by atoms with Crippen molar-refractivity contribution in [2.75, 3.05) is 0 Å². The standard InChI is InChI=1S/C33H33.C6H10.C5H5.Zr/c1-32(2,3)30-20-26-24(18-28(30)22-13-9-7-10-14-22)17-25-19-29(23-15-11-8-12-16-23)31(21-27(25)26)33(4,5)6;1-2-4-6-5-3-1;1-2-4-5-3-1;/h7-21H,1-6H3;1-5H2;1-3H,4H2;/q-1;;-1;+2. The van der Waals surface area contributed by atoms with E-state index in [1.54, 1.807) is 27.4 Å². The molecule has 0 aromatic heterocycles. The Labute approximate surface area is 287 Å². The molecular weight excluding hydrogens is 620 g/mol. The van der Waals surface area contributed by atoms with Gasteiger partial charge in [0.1, 0.15) is 0 Å². The summed E-state index contributed by atoms with van der Waals surface area (Å²) in [5.41, 5.74) is 8.16. The first kappa shape index (κ1) is 33.3. The van der Waals surface area contributed by atoms with Crippen molar-refractivity contribution in [1.29, 1.82) is 0 Å². The Kier molecular flexibility index (Phi) is 10.8. The van der Waals surface area contributed by atoms with Crippen LogP contribution in [0, 0.1) is 6.08 Å². The van der Waals surface area contributed by atoms with Gasteiger partial charge in [0.05, 0.1) is 0 Å². The van der Waals surface area contributed by atoms with Crippen molar-refractivity contribution >= 4 is 24.8 Å². The van der Waals surface area contributed by atoms with Crippen LogP contribution in [0.25, 0.3) is 43.8 Å². The molecule has 0 heterocycles. The molecule has 7 rings (SSSR count). The van der Waals surface area contributed by atoms with Gasteiger partial charge >= 0.3 is 59.5 Å². The third kappa shape index (κ3) is 8.42. The van der Waals surface area contributed by atoms with Gasteiger partial charge in [-0.1, -0.05) is 114 Å². The first-order chi connectivity index (χ1) is 21.5. The molecule has 0 nitrogen and oxygen atoms in total. The van der Waals surface area contributed by atoms with Crippen LogP contribution in [0.15, 0.2) is 109 Å². The van der Waals surface area contributed by atoms with Crippen molar-refractivity contribution in [3.8, 4) is 22.3 Å². The Morgan fingerprint density at radius 3 is 1.40 bits per heavy atom. The van der Waals surface area contributed by atoms with Gasteiger partial charge in [0.15, 0.2) is 0 Å². The molecule has 0 radical (unpaired) electrons. The Bertz CT molecular complexity index is 1670. The molecule has 0 aliphatic heterocycles. The van der Waals surface area contributed by atoms with Crippen LogP contribution in [0.2, 0.25) is 0 Å². The zero-order valence-corrected chi connectivity index (χ0v) is 30.6. The van der Waals surface area contributed by atoms with Crippen LogP contribution in [0.5, 0.6) is 0 Å². The van der Waals surface area contributed by atoms with E-state index in [0.717, 1.165) is 6.42 Å². The van der Waals surface area contributed by atoms with Crippen molar-refractivity contribution < 1.29 is 24.2 Å². The van der Waals surface area contributed by atoms with E-state index in [2.05, 4.69) is 145 Å². The number of rotatable bonds is 2. The van der Waals surface area contributed by atoms with Crippen LogP contribution < -0.4 is 0 Å². The number of fused-ring (bicyclic) bond motifs is 3. The van der Waals surface area contributed by atoms with E-state index in [1.165, 1.54) is 87.0 Å². The summed E-state index contributed by atoms with van der Waals surface area (Å²) in [6.07, 6.45) is 17.3. The summed E-state index contributed by atoms with van der Waals surface area (Å²) in [5, 5.41) is 5.36. The predicted molar refractivity (Wildman–Crippen MR) is 195 cm³/mol. The molecule has 0 N–H and O–H groups in total. The fourth-order valence-electron chi connectivity index (χ4n) is 6.38. The van der Waals surface area contributed by atoms with E-state index in [1.807, 2.05) is 12.2 Å². The van der Waals surface area contributed by atoms with Crippen LogP contribution in [0.3, 0.4) is 0 Å². The van der Waals surface area contributed by atoms with Gasteiger partial charge in [-0.05, 0) is 44.2 Å². The molecule has 0 spiro atoms. The number of benzene rings is 4. The number of allylic oxidation sites excluding steroid dienone is 4. The van der Waals surface area contributed by atoms with Crippen LogP contribution in [0.4, 0.5) is 0 Å². The quantitative estimate of drug-likeness (QED) is 0.164. The molecule has 0 amide bonds. The van der Waals surface area contributed by atoms with E-state index in [9.17, 15) is 0 Å². The van der Waals surface area contributed by atoms with E-state index in [-0.39, 0.29) is 10.8 Å². The third-order valence-electron chi connectivity index (χ3n) is 8.81. The summed E-state index contributed by atoms with van der Waals surface area (Å²) in [5.74, 6) is 0. The van der Waals surface area contributed by atoms with Crippen molar-refractivity contribution in [3.63, 3.8) is 0 Å². The van der Waals surface area contributed by atoms with Gasteiger partial charge < -0.3 is 0 Å². The molecule has 2 aliphatic rings. The summed E-state index contributed by atoms with van der Waals surface area (Å²) < 4.78 is 1.80. The fourth-order valence-corrected chi connectivity index (χ4v) is 7.25. The molecule has 0 bridgehead atoms. The third-order valence-corrected chi connectivity index (χ3v) is 10.0. The summed E-state index contributed by atoms with van der Waals surface area (Å²) >= 11 is 1.69. The molecule has 0 unspecified atom stereocenters. The first-order valence-corrected chi connectivity index (χ1v) is 17.9. The minimum absolute atomic E-state index is 0.0554. The zero-order valence-electron chi connectivity index (χ0n) is 28.1. The Balaban J connectivity index is 0.000000277. The number of hydrogen-bond donors (Lipinski definition) is 0. The molecule has 1 heteroatoms. The summed E-state index contributed by atoms with van der Waals surface area (Å²) in [6, 6.07) is 33.7. The van der Waals surface area contributed by atoms with Gasteiger partial charge in [0.25, 0.3) is 0 Å². The molecule has 45 heavy (non-hydrogen) atoms. The fraction of sp³-hybridized carbons (Fsp3) is 0.318. The molecule has 1 fully saturated rings. The van der Waals surface area contributed by atoms with Gasteiger partial charge in [0, 0.05) is 0 Å². The average molecular weight is 668 g/mol. The maximum absolute atomic E-state index is 2.99. The van der Waals surface area contributed by atoms with E-state index < -0.39 is 0 Å². The summed E-state index contributed by atoms with van der Waals surface area (Å²) in [6.45, 7) is 13.9. The maximum atomic E-state index is 2.99. The van der Waals surface area contributed by atoms with Gasteiger partial charge in [-0.15, -0.1) is 46.2 Å². The second-order valence-corrected chi connectivity index (χ2v) is 16.3. The molecular formula is C44H48Zr. The molecule has 1 saturated carbocycles. The van der Waals surface area contributed by atoms with Crippen LogP contribution >= 0.6 is 0 Å². The SMILES string of the molecule is CC(C)(C)c1cc2c(cc1-c1ccccc1)[cH-]c1cc(-c3ccccc3)c(C(C)(C)C)cc12.[C-]1=CC=CC1.[Zr+2]=[C]1CCCCC1. The topological polar surface area (TPSA) is 0 Å². The second-order valence-electron chi connectivity index (χ2n) is 14.5. The van der Waals surface area contributed by atoms with Crippen LogP contribution in [0.1, 0.15) is 91.2 Å². The van der Waals surface area contributed by atoms with E-state index in [0.29, 0.717) is 0 Å². The predicted octanol–water partition coefficient (Wildman–Crippen LogP) is 12.6. The second kappa shape index (κ2) is 14.6. The normalized spacial score (nSPS) is 14.7. The van der Waals surface area contributed by atoms with Crippen LogP contribution in [-0.4, -0.2) is 3.21 Å². The van der Waals surface area contributed by atoms with Gasteiger partial charge in [-0.3, -0.25) is 6.08 Å². The summed E-state index contributed by atoms with van der Waals surface area (Å²) in [7, 11) is 0. The van der Waals surface area contributed by atoms with Crippen molar-refractivity contribution in [3.05, 3.63) is 126 Å². The molecule has 228 valence electrons. The molecule has 2 aliphatic carbocycles. The van der Waals surface area contributed by atoms with Crippen molar-refractivity contribution in [2.24, 2.45) is 0 Å².